The Balaban J connectivity index is 1.48. The lowest BCUT2D eigenvalue weighted by Gasteiger charge is -2.30. The molecule has 2 aliphatic heterocycles. The molecule has 0 aliphatic carbocycles. The Hall–Kier alpha value is -2.36. The van der Waals surface area contributed by atoms with Gasteiger partial charge < -0.3 is 15.5 Å². The molecule has 0 bridgehead atoms. The summed E-state index contributed by atoms with van der Waals surface area (Å²) in [5.41, 5.74) is 8.13. The number of benzene rings is 1. The zero-order valence-electron chi connectivity index (χ0n) is 20.0. The Labute approximate surface area is 209 Å². The van der Waals surface area contributed by atoms with Crippen LogP contribution in [0.5, 0.6) is 0 Å². The molecule has 1 aromatic heterocycles. The predicted octanol–water partition coefficient (Wildman–Crippen LogP) is 2.85. The van der Waals surface area contributed by atoms with Gasteiger partial charge in [-0.3, -0.25) is 14.5 Å². The van der Waals surface area contributed by atoms with E-state index >= 15 is 0 Å². The van der Waals surface area contributed by atoms with E-state index in [4.69, 9.17) is 17.3 Å². The summed E-state index contributed by atoms with van der Waals surface area (Å²) in [7, 11) is 3.77. The first-order valence-electron chi connectivity index (χ1n) is 11.3. The minimum atomic E-state index is -0.333. The van der Waals surface area contributed by atoms with Gasteiger partial charge >= 0.3 is 0 Å². The van der Waals surface area contributed by atoms with Crippen LogP contribution in [0.2, 0.25) is 5.02 Å². The quantitative estimate of drug-likeness (QED) is 0.459. The van der Waals surface area contributed by atoms with Gasteiger partial charge in [0, 0.05) is 64.0 Å². The lowest BCUT2D eigenvalue weighted by molar-refractivity contribution is -0.119. The van der Waals surface area contributed by atoms with Crippen molar-refractivity contribution in [3.05, 3.63) is 46.1 Å². The zero-order chi connectivity index (χ0) is 24.6. The fraction of sp³-hybridized carbons (Fsp3) is 0.500. The maximum atomic E-state index is 13.4. The topological polar surface area (TPSA) is 95.7 Å². The normalized spacial score (nSPS) is 20.9. The molecular weight excluding hydrogens is 472 g/mol. The predicted molar refractivity (Wildman–Crippen MR) is 135 cm³/mol. The molecule has 4 rings (SSSR count). The van der Waals surface area contributed by atoms with Crippen LogP contribution in [-0.4, -0.2) is 78.1 Å². The van der Waals surface area contributed by atoms with Crippen molar-refractivity contribution in [3.8, 4) is 0 Å². The molecule has 8 nitrogen and oxygen atoms in total. The Kier molecular flexibility index (Phi) is 7.35. The SMILES string of the molecule is CSc1ncc(C(=O)N2CC3CN(C(CC(N)=O)c4ccc(C)c(Cl)c4)CC3C2)c(N(C)C)n1. The van der Waals surface area contributed by atoms with Gasteiger partial charge in [0.1, 0.15) is 11.4 Å². The number of carbonyl (C=O) groups excluding carboxylic acids is 2. The maximum absolute atomic E-state index is 13.4. The van der Waals surface area contributed by atoms with Gasteiger partial charge in [0.15, 0.2) is 5.16 Å². The summed E-state index contributed by atoms with van der Waals surface area (Å²) in [5, 5.41) is 1.33. The largest absolute Gasteiger partial charge is 0.370 e. The second-order valence-electron chi connectivity index (χ2n) is 9.37. The van der Waals surface area contributed by atoms with E-state index in [1.165, 1.54) is 11.8 Å². The van der Waals surface area contributed by atoms with Crippen molar-refractivity contribution in [3.63, 3.8) is 0 Å². The zero-order valence-corrected chi connectivity index (χ0v) is 21.6. The van der Waals surface area contributed by atoms with E-state index in [1.807, 2.05) is 55.3 Å². The molecule has 2 N–H and O–H groups in total. The van der Waals surface area contributed by atoms with Crippen LogP contribution >= 0.6 is 23.4 Å². The molecule has 2 amide bonds. The summed E-state index contributed by atoms with van der Waals surface area (Å²) in [6.07, 6.45) is 3.80. The van der Waals surface area contributed by atoms with E-state index < -0.39 is 0 Å². The molecule has 3 heterocycles. The number of fused-ring (bicyclic) bond motifs is 1. The molecule has 2 aromatic rings. The Morgan fingerprint density at radius 1 is 1.24 bits per heavy atom. The van der Waals surface area contributed by atoms with Crippen molar-refractivity contribution >= 4 is 41.0 Å². The Morgan fingerprint density at radius 3 is 2.47 bits per heavy atom. The van der Waals surface area contributed by atoms with Crippen LogP contribution in [-0.2, 0) is 4.79 Å². The fourth-order valence-corrected chi connectivity index (χ4v) is 5.56. The van der Waals surface area contributed by atoms with Crippen LogP contribution in [0.1, 0.15) is 33.9 Å². The van der Waals surface area contributed by atoms with Crippen LogP contribution in [0.4, 0.5) is 5.82 Å². The molecule has 3 atom stereocenters. The summed E-state index contributed by atoms with van der Waals surface area (Å²) in [5.74, 6) is 0.960. The summed E-state index contributed by atoms with van der Waals surface area (Å²) in [6.45, 7) is 4.92. The maximum Gasteiger partial charge on any atom is 0.259 e. The van der Waals surface area contributed by atoms with Gasteiger partial charge in [-0.2, -0.15) is 0 Å². The Bertz CT molecular complexity index is 1080. The third kappa shape index (κ3) is 5.01. The first-order chi connectivity index (χ1) is 16.2. The molecule has 2 saturated heterocycles. The Morgan fingerprint density at radius 2 is 1.91 bits per heavy atom. The van der Waals surface area contributed by atoms with Crippen LogP contribution in [0.15, 0.2) is 29.6 Å². The van der Waals surface area contributed by atoms with E-state index in [-0.39, 0.29) is 24.3 Å². The molecule has 0 spiro atoms. The monoisotopic (exact) mass is 502 g/mol. The van der Waals surface area contributed by atoms with Crippen LogP contribution in [0, 0.1) is 18.8 Å². The highest BCUT2D eigenvalue weighted by molar-refractivity contribution is 7.98. The number of amides is 2. The molecule has 182 valence electrons. The number of hydrogen-bond donors (Lipinski definition) is 1. The highest BCUT2D eigenvalue weighted by Crippen LogP contribution is 2.38. The fourth-order valence-electron chi connectivity index (χ4n) is 5.03. The van der Waals surface area contributed by atoms with E-state index in [0.29, 0.717) is 46.5 Å². The number of primary amides is 1. The van der Waals surface area contributed by atoms with E-state index in [2.05, 4.69) is 14.9 Å². The summed E-state index contributed by atoms with van der Waals surface area (Å²) >= 11 is 7.82. The van der Waals surface area contributed by atoms with Crippen molar-refractivity contribution in [1.82, 2.24) is 19.8 Å². The highest BCUT2D eigenvalue weighted by Gasteiger charge is 2.44. The number of aryl methyl sites for hydroxylation is 1. The van der Waals surface area contributed by atoms with Gasteiger partial charge in [-0.25, -0.2) is 9.97 Å². The van der Waals surface area contributed by atoms with Crippen LogP contribution < -0.4 is 10.6 Å². The van der Waals surface area contributed by atoms with Gasteiger partial charge in [0.25, 0.3) is 5.91 Å². The van der Waals surface area contributed by atoms with E-state index in [1.54, 1.807) is 6.20 Å². The number of nitrogens with two attached hydrogens (primary N) is 1. The number of anilines is 1. The van der Waals surface area contributed by atoms with Gasteiger partial charge in [-0.15, -0.1) is 0 Å². The lowest BCUT2D eigenvalue weighted by Crippen LogP contribution is -2.36. The molecule has 10 heteroatoms. The first-order valence-corrected chi connectivity index (χ1v) is 12.9. The van der Waals surface area contributed by atoms with Crippen molar-refractivity contribution in [2.24, 2.45) is 17.6 Å². The van der Waals surface area contributed by atoms with Crippen molar-refractivity contribution in [2.45, 2.75) is 24.5 Å². The molecule has 0 saturated carbocycles. The number of nitrogens with zero attached hydrogens (tertiary/aromatic N) is 5. The standard InChI is InChI=1S/C24H31ClN6O2S/c1-14-5-6-15(7-19(14)25)20(8-21(26)32)30-10-16-12-31(13-17(16)11-30)23(33)18-9-27-24(34-4)28-22(18)29(2)3/h5-7,9,16-17,20H,8,10-13H2,1-4H3,(H2,26,32). The number of aromatic nitrogens is 2. The van der Waals surface area contributed by atoms with Crippen molar-refractivity contribution in [1.29, 1.82) is 0 Å². The average molecular weight is 503 g/mol. The molecule has 3 unspecified atom stereocenters. The minimum absolute atomic E-state index is 0.0312. The second kappa shape index (κ2) is 10.1. The highest BCUT2D eigenvalue weighted by atomic mass is 35.5. The van der Waals surface area contributed by atoms with Gasteiger partial charge in [-0.05, 0) is 42.2 Å². The molecule has 2 aliphatic rings. The number of hydrogen-bond acceptors (Lipinski definition) is 7. The number of likely N-dealkylation sites (tertiary alicyclic amines) is 2. The minimum Gasteiger partial charge on any atom is -0.370 e. The second-order valence-corrected chi connectivity index (χ2v) is 10.5. The smallest absolute Gasteiger partial charge is 0.259 e. The van der Waals surface area contributed by atoms with Gasteiger partial charge in [-0.1, -0.05) is 35.5 Å². The number of rotatable bonds is 7. The van der Waals surface area contributed by atoms with Gasteiger partial charge in [0.2, 0.25) is 5.91 Å². The van der Waals surface area contributed by atoms with Crippen molar-refractivity contribution in [2.75, 3.05) is 51.4 Å². The molecule has 1 aromatic carbocycles. The molecule has 0 radical (unpaired) electrons. The van der Waals surface area contributed by atoms with Crippen molar-refractivity contribution < 1.29 is 9.59 Å². The van der Waals surface area contributed by atoms with E-state index in [9.17, 15) is 9.59 Å². The number of halogens is 1. The number of carbonyl (C=O) groups is 2. The molecule has 34 heavy (non-hydrogen) atoms. The van der Waals surface area contributed by atoms with Crippen LogP contribution in [0.3, 0.4) is 0 Å². The third-order valence-corrected chi connectivity index (χ3v) is 7.77. The average Bonchev–Trinajstić information content (AvgIpc) is 3.37. The lowest BCUT2D eigenvalue weighted by atomic mass is 10.0. The summed E-state index contributed by atoms with van der Waals surface area (Å²) in [4.78, 5) is 40.2. The van der Waals surface area contributed by atoms with Gasteiger partial charge in [0.05, 0.1) is 0 Å². The number of thioether (sulfide) groups is 1. The van der Waals surface area contributed by atoms with Crippen LogP contribution in [0.25, 0.3) is 0 Å². The summed E-state index contributed by atoms with van der Waals surface area (Å²) < 4.78 is 0. The third-order valence-electron chi connectivity index (χ3n) is 6.80. The molecular formula is C24H31ClN6O2S. The summed E-state index contributed by atoms with van der Waals surface area (Å²) in [6, 6.07) is 5.84. The molecule has 2 fully saturated rings. The first kappa shape index (κ1) is 24.8. The van der Waals surface area contributed by atoms with E-state index in [0.717, 1.165) is 24.2 Å².